The number of hydrogen-bond donors (Lipinski definition) is 2. The number of nitrogens with one attached hydrogen (secondary N) is 2. The number of hydrogen-bond acceptors (Lipinski definition) is 2. The van der Waals surface area contributed by atoms with E-state index in [4.69, 9.17) is 0 Å². The van der Waals surface area contributed by atoms with Gasteiger partial charge in [0, 0.05) is 19.0 Å². The highest BCUT2D eigenvalue weighted by atomic mass is 14.9. The lowest BCUT2D eigenvalue weighted by Gasteiger charge is -2.18. The molecule has 2 nitrogen and oxygen atoms in total. The predicted octanol–water partition coefficient (Wildman–Crippen LogP) is 6.92. The second-order valence-electron chi connectivity index (χ2n) is 8.49. The van der Waals surface area contributed by atoms with Crippen molar-refractivity contribution in [2.45, 2.75) is 77.0 Å². The monoisotopic (exact) mass is 408 g/mol. The van der Waals surface area contributed by atoms with Gasteiger partial charge < -0.3 is 10.6 Å². The van der Waals surface area contributed by atoms with Crippen LogP contribution < -0.4 is 10.6 Å². The minimum absolute atomic E-state index is 0.467. The highest BCUT2D eigenvalue weighted by Crippen LogP contribution is 2.27. The molecule has 0 aliphatic rings. The van der Waals surface area contributed by atoms with E-state index >= 15 is 0 Å². The van der Waals surface area contributed by atoms with Crippen LogP contribution in [0.2, 0.25) is 0 Å². The lowest BCUT2D eigenvalue weighted by molar-refractivity contribution is 0.537. The first kappa shape index (κ1) is 24.6. The van der Waals surface area contributed by atoms with E-state index in [0.29, 0.717) is 5.92 Å². The summed E-state index contributed by atoms with van der Waals surface area (Å²) < 4.78 is 0. The Hall–Kier alpha value is -1.64. The average molecular weight is 409 g/mol. The molecule has 2 N–H and O–H groups in total. The maximum atomic E-state index is 3.63. The molecule has 30 heavy (non-hydrogen) atoms. The van der Waals surface area contributed by atoms with Gasteiger partial charge in [-0.3, -0.25) is 0 Å². The molecule has 0 amide bonds. The second-order valence-corrected chi connectivity index (χ2v) is 8.49. The number of benzene rings is 2. The molecule has 0 fully saturated rings. The van der Waals surface area contributed by atoms with Crippen molar-refractivity contribution in [1.82, 2.24) is 10.6 Å². The van der Waals surface area contributed by atoms with E-state index in [1.54, 1.807) is 0 Å². The van der Waals surface area contributed by atoms with Gasteiger partial charge in [0.2, 0.25) is 0 Å². The minimum Gasteiger partial charge on any atom is -0.315 e. The molecule has 2 rings (SSSR count). The smallest absolute Gasteiger partial charge is 0.0101 e. The molecule has 2 heteroatoms. The summed E-state index contributed by atoms with van der Waals surface area (Å²) in [5, 5.41) is 7.22. The maximum Gasteiger partial charge on any atom is 0.0101 e. The zero-order valence-corrected chi connectivity index (χ0v) is 19.3. The van der Waals surface area contributed by atoms with Crippen molar-refractivity contribution < 1.29 is 0 Å². The van der Waals surface area contributed by atoms with E-state index in [1.165, 1.54) is 68.9 Å². The van der Waals surface area contributed by atoms with Crippen LogP contribution in [0.4, 0.5) is 0 Å². The molecule has 0 atom stereocenters. The van der Waals surface area contributed by atoms with Crippen molar-refractivity contribution in [3.8, 4) is 0 Å². The Morgan fingerprint density at radius 3 is 1.53 bits per heavy atom. The van der Waals surface area contributed by atoms with E-state index in [9.17, 15) is 0 Å². The largest absolute Gasteiger partial charge is 0.315 e. The summed E-state index contributed by atoms with van der Waals surface area (Å²) >= 11 is 0. The molecule has 0 aliphatic heterocycles. The molecule has 0 aliphatic carbocycles. The van der Waals surface area contributed by atoms with Gasteiger partial charge in [-0.1, -0.05) is 119 Å². The van der Waals surface area contributed by atoms with Crippen molar-refractivity contribution in [3.05, 3.63) is 71.8 Å². The van der Waals surface area contributed by atoms with E-state index in [-0.39, 0.29) is 0 Å². The molecule has 0 unspecified atom stereocenters. The fourth-order valence-electron chi connectivity index (χ4n) is 4.13. The molecule has 166 valence electrons. The molecule has 2 aromatic carbocycles. The van der Waals surface area contributed by atoms with Crippen LogP contribution in [0.25, 0.3) is 0 Å². The summed E-state index contributed by atoms with van der Waals surface area (Å²) in [5.41, 5.74) is 2.82. The average Bonchev–Trinajstić information content (AvgIpc) is 2.80. The van der Waals surface area contributed by atoms with Crippen LogP contribution in [0.5, 0.6) is 0 Å². The molecular weight excluding hydrogens is 364 g/mol. The molecular formula is C28H44N2. The van der Waals surface area contributed by atoms with Gasteiger partial charge in [0.15, 0.2) is 0 Å². The van der Waals surface area contributed by atoms with Gasteiger partial charge in [-0.25, -0.2) is 0 Å². The first-order valence-corrected chi connectivity index (χ1v) is 12.4. The number of unbranched alkanes of at least 4 members (excludes halogenated alkanes) is 8. The van der Waals surface area contributed by atoms with Crippen LogP contribution in [-0.2, 0) is 0 Å². The third-order valence-corrected chi connectivity index (χ3v) is 5.95. The van der Waals surface area contributed by atoms with E-state index < -0.39 is 0 Å². The fraction of sp³-hybridized carbons (Fsp3) is 0.571. The van der Waals surface area contributed by atoms with Gasteiger partial charge in [-0.15, -0.1) is 0 Å². The highest BCUT2D eigenvalue weighted by Gasteiger charge is 2.13. The zero-order valence-electron chi connectivity index (χ0n) is 19.3. The maximum absolute atomic E-state index is 3.63. The summed E-state index contributed by atoms with van der Waals surface area (Å²) in [7, 11) is 0. The van der Waals surface area contributed by atoms with Gasteiger partial charge in [-0.05, 0) is 37.1 Å². The number of rotatable bonds is 18. The van der Waals surface area contributed by atoms with Gasteiger partial charge in [-0.2, -0.15) is 0 Å². The molecule has 0 saturated heterocycles. The molecule has 0 aromatic heterocycles. The molecule has 2 aromatic rings. The summed E-state index contributed by atoms with van der Waals surface area (Å²) in [6.07, 6.45) is 13.7. The Morgan fingerprint density at radius 1 is 0.533 bits per heavy atom. The van der Waals surface area contributed by atoms with Crippen molar-refractivity contribution in [2.24, 2.45) is 0 Å². The first-order valence-electron chi connectivity index (χ1n) is 12.4. The fourth-order valence-corrected chi connectivity index (χ4v) is 4.13. The van der Waals surface area contributed by atoms with Crippen molar-refractivity contribution in [3.63, 3.8) is 0 Å². The molecule has 0 bridgehead atoms. The molecule has 0 saturated carbocycles. The Bertz CT molecular complexity index is 572. The lowest BCUT2D eigenvalue weighted by atomic mass is 9.88. The topological polar surface area (TPSA) is 24.1 Å². The first-order chi connectivity index (χ1) is 14.9. The quantitative estimate of drug-likeness (QED) is 0.262. The van der Waals surface area contributed by atoms with Crippen LogP contribution in [-0.4, -0.2) is 26.2 Å². The van der Waals surface area contributed by atoms with Crippen LogP contribution in [0.15, 0.2) is 60.7 Å². The third-order valence-electron chi connectivity index (χ3n) is 5.95. The highest BCUT2D eigenvalue weighted by molar-refractivity contribution is 5.32. The van der Waals surface area contributed by atoms with Crippen molar-refractivity contribution in [1.29, 1.82) is 0 Å². The van der Waals surface area contributed by atoms with Gasteiger partial charge in [0.05, 0.1) is 0 Å². The lowest BCUT2D eigenvalue weighted by Crippen LogP contribution is -2.29. The molecule has 0 spiro atoms. The minimum atomic E-state index is 0.467. The van der Waals surface area contributed by atoms with Crippen LogP contribution in [0.3, 0.4) is 0 Å². The van der Waals surface area contributed by atoms with Crippen LogP contribution in [0.1, 0.15) is 88.2 Å². The van der Waals surface area contributed by atoms with Crippen molar-refractivity contribution in [2.75, 3.05) is 26.2 Å². The predicted molar refractivity (Wildman–Crippen MR) is 132 cm³/mol. The van der Waals surface area contributed by atoms with Crippen molar-refractivity contribution >= 4 is 0 Å². The molecule has 0 radical (unpaired) electrons. The van der Waals surface area contributed by atoms with Gasteiger partial charge >= 0.3 is 0 Å². The van der Waals surface area contributed by atoms with E-state index in [2.05, 4.69) is 78.2 Å². The van der Waals surface area contributed by atoms with Gasteiger partial charge in [0.1, 0.15) is 0 Å². The van der Waals surface area contributed by atoms with E-state index in [0.717, 1.165) is 32.6 Å². The Morgan fingerprint density at radius 2 is 1.00 bits per heavy atom. The summed E-state index contributed by atoms with van der Waals surface area (Å²) in [6, 6.07) is 21.8. The van der Waals surface area contributed by atoms with Gasteiger partial charge in [0.25, 0.3) is 0 Å². The van der Waals surface area contributed by atoms with Crippen LogP contribution in [0, 0.1) is 0 Å². The van der Waals surface area contributed by atoms with E-state index in [1.807, 2.05) is 0 Å². The van der Waals surface area contributed by atoms with Crippen LogP contribution >= 0.6 is 0 Å². The Kier molecular flexibility index (Phi) is 14.0. The Balaban J connectivity index is 1.49. The summed E-state index contributed by atoms with van der Waals surface area (Å²) in [5.74, 6) is 0.467. The standard InChI is InChI=1S/C28H44N2/c1-2-3-4-5-6-7-8-9-16-22-29-24-25-30-23-21-28(26-17-12-10-13-18-26)27-19-14-11-15-20-27/h10-15,17-20,28-30H,2-9,16,21-25H2,1H3. The zero-order chi connectivity index (χ0) is 21.1. The third kappa shape index (κ3) is 10.9. The molecule has 0 heterocycles. The normalized spacial score (nSPS) is 11.3. The summed E-state index contributed by atoms with van der Waals surface area (Å²) in [6.45, 7) is 6.61. The second kappa shape index (κ2) is 17.1. The summed E-state index contributed by atoms with van der Waals surface area (Å²) in [4.78, 5) is 0. The SMILES string of the molecule is CCCCCCCCCCCNCCNCCC(c1ccccc1)c1ccccc1. The Labute approximate surface area is 185 Å².